The van der Waals surface area contributed by atoms with Crippen LogP contribution in [0.4, 0.5) is 0 Å². The molecule has 2 aromatic carbocycles. The molecule has 0 saturated heterocycles. The minimum atomic E-state index is -0.385. The van der Waals surface area contributed by atoms with Crippen molar-refractivity contribution >= 4 is 17.7 Å². The van der Waals surface area contributed by atoms with Crippen molar-refractivity contribution in [2.45, 2.75) is 9.79 Å². The second kappa shape index (κ2) is 6.13. The minimum Gasteiger partial charge on any atom is -0.508 e. The SMILES string of the molecule is COC(=O)c1ccc(Sc2ccc(O)cc2C#N)cc1. The first kappa shape index (κ1) is 14.0. The molecule has 0 saturated carbocycles. The van der Waals surface area contributed by atoms with Crippen LogP contribution < -0.4 is 0 Å². The van der Waals surface area contributed by atoms with Gasteiger partial charge in [0.1, 0.15) is 11.8 Å². The monoisotopic (exact) mass is 285 g/mol. The van der Waals surface area contributed by atoms with Gasteiger partial charge in [0.15, 0.2) is 0 Å². The molecule has 0 aliphatic carbocycles. The van der Waals surface area contributed by atoms with Gasteiger partial charge in [0.25, 0.3) is 0 Å². The smallest absolute Gasteiger partial charge is 0.337 e. The number of benzene rings is 2. The molecule has 20 heavy (non-hydrogen) atoms. The second-order valence-electron chi connectivity index (χ2n) is 3.91. The molecule has 0 atom stereocenters. The highest BCUT2D eigenvalue weighted by atomic mass is 32.2. The number of carbonyl (C=O) groups excluding carboxylic acids is 1. The van der Waals surface area contributed by atoms with Gasteiger partial charge in [0.2, 0.25) is 0 Å². The van der Waals surface area contributed by atoms with E-state index in [-0.39, 0.29) is 11.7 Å². The lowest BCUT2D eigenvalue weighted by atomic mass is 10.2. The molecule has 2 aromatic rings. The molecule has 4 nitrogen and oxygen atoms in total. The van der Waals surface area contributed by atoms with E-state index in [1.54, 1.807) is 30.3 Å². The number of phenols is 1. The van der Waals surface area contributed by atoms with Gasteiger partial charge in [0.05, 0.1) is 18.2 Å². The maximum Gasteiger partial charge on any atom is 0.337 e. The molecule has 0 heterocycles. The Morgan fingerprint density at radius 3 is 2.55 bits per heavy atom. The summed E-state index contributed by atoms with van der Waals surface area (Å²) in [5.41, 5.74) is 0.884. The largest absolute Gasteiger partial charge is 0.508 e. The fourth-order valence-corrected chi connectivity index (χ4v) is 2.47. The van der Waals surface area contributed by atoms with Gasteiger partial charge in [-0.3, -0.25) is 0 Å². The number of nitrogens with zero attached hydrogens (tertiary/aromatic N) is 1. The highest BCUT2D eigenvalue weighted by Gasteiger charge is 2.08. The number of carbonyl (C=O) groups is 1. The summed E-state index contributed by atoms with van der Waals surface area (Å²) < 4.78 is 4.63. The Balaban J connectivity index is 2.23. The summed E-state index contributed by atoms with van der Waals surface area (Å²) in [7, 11) is 1.33. The average molecular weight is 285 g/mol. The molecule has 0 bridgehead atoms. The number of hydrogen-bond donors (Lipinski definition) is 1. The summed E-state index contributed by atoms with van der Waals surface area (Å²) in [5.74, 6) is -0.323. The standard InChI is InChI=1S/C15H11NO3S/c1-19-15(18)10-2-5-13(6-3-10)20-14-7-4-12(17)8-11(14)9-16/h2-8,17H,1H3. The minimum absolute atomic E-state index is 0.0620. The molecule has 2 rings (SSSR count). The van der Waals surface area contributed by atoms with E-state index in [0.717, 1.165) is 9.79 Å². The van der Waals surface area contributed by atoms with Gasteiger partial charge in [0, 0.05) is 9.79 Å². The van der Waals surface area contributed by atoms with Crippen LogP contribution in [0.2, 0.25) is 0 Å². The molecule has 0 radical (unpaired) electrons. The van der Waals surface area contributed by atoms with Crippen LogP contribution in [0, 0.1) is 11.3 Å². The molecule has 5 heteroatoms. The first-order valence-electron chi connectivity index (χ1n) is 5.73. The fraction of sp³-hybridized carbons (Fsp3) is 0.0667. The van der Waals surface area contributed by atoms with Gasteiger partial charge >= 0.3 is 5.97 Å². The molecule has 0 aromatic heterocycles. The number of hydrogen-bond acceptors (Lipinski definition) is 5. The summed E-state index contributed by atoms with van der Waals surface area (Å²) in [6.45, 7) is 0. The lowest BCUT2D eigenvalue weighted by molar-refractivity contribution is 0.0600. The predicted molar refractivity (Wildman–Crippen MR) is 74.7 cm³/mol. The molecule has 0 spiro atoms. The number of aromatic hydroxyl groups is 1. The van der Waals surface area contributed by atoms with Crippen LogP contribution in [0.1, 0.15) is 15.9 Å². The zero-order chi connectivity index (χ0) is 14.5. The van der Waals surface area contributed by atoms with Gasteiger partial charge < -0.3 is 9.84 Å². The molecular formula is C15H11NO3S. The quantitative estimate of drug-likeness (QED) is 0.877. The second-order valence-corrected chi connectivity index (χ2v) is 5.03. The molecule has 0 unspecified atom stereocenters. The molecule has 1 N–H and O–H groups in total. The maximum absolute atomic E-state index is 11.3. The molecule has 0 amide bonds. The van der Waals surface area contributed by atoms with Crippen molar-refractivity contribution in [1.29, 1.82) is 5.26 Å². The molecule has 0 fully saturated rings. The van der Waals surface area contributed by atoms with Gasteiger partial charge in [-0.2, -0.15) is 5.26 Å². The third-order valence-electron chi connectivity index (χ3n) is 2.59. The van der Waals surface area contributed by atoms with E-state index in [1.165, 1.54) is 31.0 Å². The average Bonchev–Trinajstić information content (AvgIpc) is 2.49. The lowest BCUT2D eigenvalue weighted by Crippen LogP contribution is -2.00. The van der Waals surface area contributed by atoms with E-state index in [2.05, 4.69) is 4.74 Å². The molecule has 0 aliphatic heterocycles. The van der Waals surface area contributed by atoms with Crippen molar-refractivity contribution in [1.82, 2.24) is 0 Å². The third kappa shape index (κ3) is 3.11. The van der Waals surface area contributed by atoms with E-state index in [9.17, 15) is 9.90 Å². The zero-order valence-corrected chi connectivity index (χ0v) is 11.5. The van der Waals surface area contributed by atoms with Crippen LogP contribution in [0.3, 0.4) is 0 Å². The summed E-state index contributed by atoms with van der Waals surface area (Å²) >= 11 is 1.39. The van der Waals surface area contributed by atoms with E-state index in [0.29, 0.717) is 11.1 Å². The van der Waals surface area contributed by atoms with Crippen LogP contribution >= 0.6 is 11.8 Å². The first-order chi connectivity index (χ1) is 9.63. The summed E-state index contributed by atoms with van der Waals surface area (Å²) in [4.78, 5) is 13.0. The Morgan fingerprint density at radius 2 is 1.95 bits per heavy atom. The summed E-state index contributed by atoms with van der Waals surface area (Å²) in [6.07, 6.45) is 0. The van der Waals surface area contributed by atoms with Crippen LogP contribution in [0.5, 0.6) is 5.75 Å². The lowest BCUT2D eigenvalue weighted by Gasteiger charge is -2.05. The predicted octanol–water partition coefficient (Wildman–Crippen LogP) is 3.20. The zero-order valence-electron chi connectivity index (χ0n) is 10.7. The Labute approximate surface area is 120 Å². The molecule has 100 valence electrons. The Bertz CT molecular complexity index is 675. The molecular weight excluding hydrogens is 274 g/mol. The highest BCUT2D eigenvalue weighted by molar-refractivity contribution is 7.99. The van der Waals surface area contributed by atoms with Crippen molar-refractivity contribution in [3.63, 3.8) is 0 Å². The van der Waals surface area contributed by atoms with Gasteiger partial charge in [-0.25, -0.2) is 4.79 Å². The number of phenolic OH excluding ortho intramolecular Hbond substituents is 1. The maximum atomic E-state index is 11.3. The first-order valence-corrected chi connectivity index (χ1v) is 6.55. The summed E-state index contributed by atoms with van der Waals surface area (Å²) in [6, 6.07) is 13.6. The normalized spacial score (nSPS) is 9.80. The van der Waals surface area contributed by atoms with Crippen LogP contribution in [-0.2, 0) is 4.74 Å². The van der Waals surface area contributed by atoms with E-state index < -0.39 is 0 Å². The van der Waals surface area contributed by atoms with Crippen LogP contribution in [-0.4, -0.2) is 18.2 Å². The van der Waals surface area contributed by atoms with E-state index >= 15 is 0 Å². The van der Waals surface area contributed by atoms with Gasteiger partial charge in [-0.1, -0.05) is 11.8 Å². The van der Waals surface area contributed by atoms with Crippen LogP contribution in [0.15, 0.2) is 52.3 Å². The van der Waals surface area contributed by atoms with E-state index in [1.807, 2.05) is 6.07 Å². The van der Waals surface area contributed by atoms with E-state index in [4.69, 9.17) is 5.26 Å². The molecule has 0 aliphatic rings. The van der Waals surface area contributed by atoms with Crippen molar-refractivity contribution in [3.8, 4) is 11.8 Å². The Morgan fingerprint density at radius 1 is 1.25 bits per heavy atom. The third-order valence-corrected chi connectivity index (χ3v) is 3.67. The number of ether oxygens (including phenoxy) is 1. The Hall–Kier alpha value is -2.45. The Kier molecular flexibility index (Phi) is 4.28. The number of methoxy groups -OCH3 is 1. The van der Waals surface area contributed by atoms with Crippen molar-refractivity contribution in [2.75, 3.05) is 7.11 Å². The highest BCUT2D eigenvalue weighted by Crippen LogP contribution is 2.32. The van der Waals surface area contributed by atoms with Crippen molar-refractivity contribution in [2.24, 2.45) is 0 Å². The van der Waals surface area contributed by atoms with Gasteiger partial charge in [-0.05, 0) is 42.5 Å². The number of nitriles is 1. The number of rotatable bonds is 3. The fourth-order valence-electron chi connectivity index (χ4n) is 1.60. The van der Waals surface area contributed by atoms with Gasteiger partial charge in [-0.15, -0.1) is 0 Å². The summed E-state index contributed by atoms with van der Waals surface area (Å²) in [5, 5.41) is 18.4. The topological polar surface area (TPSA) is 70.3 Å². The number of esters is 1. The van der Waals surface area contributed by atoms with Crippen molar-refractivity contribution in [3.05, 3.63) is 53.6 Å². The van der Waals surface area contributed by atoms with Crippen molar-refractivity contribution < 1.29 is 14.6 Å². The van der Waals surface area contributed by atoms with Crippen LogP contribution in [0.25, 0.3) is 0 Å².